The van der Waals surface area contributed by atoms with Crippen molar-refractivity contribution in [3.05, 3.63) is 46.7 Å². The van der Waals surface area contributed by atoms with E-state index >= 15 is 0 Å². The molecule has 1 N–H and O–H groups in total. The molecule has 1 amide bonds. The lowest BCUT2D eigenvalue weighted by atomic mass is 9.91. The predicted molar refractivity (Wildman–Crippen MR) is 99.3 cm³/mol. The number of unbranched alkanes of at least 4 members (excludes halogenated alkanes) is 2. The van der Waals surface area contributed by atoms with Crippen LogP contribution in [0.2, 0.25) is 0 Å². The molecule has 0 radical (unpaired) electrons. The molecule has 1 heterocycles. The molecule has 1 aliphatic rings. The summed E-state index contributed by atoms with van der Waals surface area (Å²) < 4.78 is 0. The molecule has 0 spiro atoms. The molecule has 0 aromatic heterocycles. The number of amides is 1. The lowest BCUT2D eigenvalue weighted by Crippen LogP contribution is -2.32. The molecule has 4 heteroatoms. The molecule has 1 atom stereocenters. The molecule has 1 aromatic rings. The Hall–Kier alpha value is -2.10. The first kappa shape index (κ1) is 19.2. The van der Waals surface area contributed by atoms with Gasteiger partial charge in [0.15, 0.2) is 11.5 Å². The van der Waals surface area contributed by atoms with Gasteiger partial charge in [-0.05, 0) is 24.8 Å². The Kier molecular flexibility index (Phi) is 6.40. The summed E-state index contributed by atoms with van der Waals surface area (Å²) in [6.07, 6.45) is 3.26. The van der Waals surface area contributed by atoms with E-state index in [2.05, 4.69) is 6.92 Å². The average Bonchev–Trinajstić information content (AvgIpc) is 2.79. The lowest BCUT2D eigenvalue weighted by Gasteiger charge is -2.27. The maximum absolute atomic E-state index is 12.8. The molecule has 0 saturated carbocycles. The molecule has 4 nitrogen and oxygen atoms in total. The van der Waals surface area contributed by atoms with Gasteiger partial charge in [0.2, 0.25) is 0 Å². The molecular weight excluding hydrogens is 314 g/mol. The fourth-order valence-corrected chi connectivity index (χ4v) is 3.37. The van der Waals surface area contributed by atoms with Gasteiger partial charge in [0.05, 0.1) is 11.6 Å². The van der Waals surface area contributed by atoms with Crippen LogP contribution in [-0.4, -0.2) is 28.2 Å². The van der Waals surface area contributed by atoms with Crippen molar-refractivity contribution in [2.24, 2.45) is 5.92 Å². The van der Waals surface area contributed by atoms with Gasteiger partial charge in [0.1, 0.15) is 0 Å². The average molecular weight is 343 g/mol. The summed E-state index contributed by atoms with van der Waals surface area (Å²) in [5.41, 5.74) is 2.22. The van der Waals surface area contributed by atoms with Gasteiger partial charge in [-0.15, -0.1) is 0 Å². The maximum Gasteiger partial charge on any atom is 0.290 e. The van der Waals surface area contributed by atoms with E-state index in [0.29, 0.717) is 13.0 Å². The summed E-state index contributed by atoms with van der Waals surface area (Å²) in [6.45, 7) is 8.58. The third-order valence-electron chi connectivity index (χ3n) is 4.56. The van der Waals surface area contributed by atoms with E-state index in [1.807, 2.05) is 45.0 Å². The van der Waals surface area contributed by atoms with Gasteiger partial charge in [0, 0.05) is 13.0 Å². The number of aliphatic hydroxyl groups excluding tert-OH is 1. The summed E-state index contributed by atoms with van der Waals surface area (Å²) in [6, 6.07) is 7.36. The smallest absolute Gasteiger partial charge is 0.290 e. The molecule has 25 heavy (non-hydrogen) atoms. The lowest BCUT2D eigenvalue weighted by molar-refractivity contribution is -0.129. The Bertz CT molecular complexity index is 675. The number of nitrogens with zero attached hydrogens (tertiary/aromatic N) is 1. The van der Waals surface area contributed by atoms with Crippen LogP contribution in [0.15, 0.2) is 35.6 Å². The Morgan fingerprint density at radius 2 is 2.00 bits per heavy atom. The quantitative estimate of drug-likeness (QED) is 0.707. The number of Topliss-reactive ketones (excluding diaryl/α,β-unsaturated/α-hetero) is 1. The molecule has 1 unspecified atom stereocenters. The minimum absolute atomic E-state index is 0.134. The Morgan fingerprint density at radius 1 is 1.28 bits per heavy atom. The van der Waals surface area contributed by atoms with Crippen molar-refractivity contribution < 1.29 is 14.7 Å². The number of carbonyl (C=O) groups excluding carboxylic acids is 2. The first-order valence-corrected chi connectivity index (χ1v) is 9.20. The molecule has 136 valence electrons. The Labute approximate surface area is 150 Å². The minimum Gasteiger partial charge on any atom is -0.503 e. The highest BCUT2D eigenvalue weighted by Crippen LogP contribution is 2.39. The monoisotopic (exact) mass is 343 g/mol. The predicted octanol–water partition coefficient (Wildman–Crippen LogP) is 4.50. The van der Waals surface area contributed by atoms with E-state index in [-0.39, 0.29) is 23.0 Å². The van der Waals surface area contributed by atoms with Crippen molar-refractivity contribution in [3.8, 4) is 0 Å². The van der Waals surface area contributed by atoms with Gasteiger partial charge < -0.3 is 10.0 Å². The molecule has 0 bridgehead atoms. The first-order valence-electron chi connectivity index (χ1n) is 9.20. The SMILES string of the molecule is CCCCCN1C(=O)C(O)=C(C(=O)CC(C)C)C1c1cccc(C)c1. The number of ketones is 1. The van der Waals surface area contributed by atoms with Crippen LogP contribution in [0.5, 0.6) is 0 Å². The zero-order chi connectivity index (χ0) is 18.6. The fraction of sp³-hybridized carbons (Fsp3) is 0.524. The topological polar surface area (TPSA) is 57.6 Å². The largest absolute Gasteiger partial charge is 0.503 e. The van der Waals surface area contributed by atoms with Crippen LogP contribution in [0.3, 0.4) is 0 Å². The van der Waals surface area contributed by atoms with Crippen LogP contribution < -0.4 is 0 Å². The van der Waals surface area contributed by atoms with E-state index in [1.165, 1.54) is 0 Å². The molecule has 1 aliphatic heterocycles. The Morgan fingerprint density at radius 3 is 2.60 bits per heavy atom. The minimum atomic E-state index is -0.476. The standard InChI is InChI=1S/C21H29NO3/c1-5-6-7-11-22-19(16-10-8-9-15(4)13-16)18(20(24)21(22)25)17(23)12-14(2)3/h8-10,13-14,19,24H,5-7,11-12H2,1-4H3. The first-order chi connectivity index (χ1) is 11.9. The second-order valence-corrected chi connectivity index (χ2v) is 7.31. The number of benzene rings is 1. The van der Waals surface area contributed by atoms with Gasteiger partial charge in [-0.2, -0.15) is 0 Å². The van der Waals surface area contributed by atoms with E-state index in [9.17, 15) is 14.7 Å². The number of hydrogen-bond acceptors (Lipinski definition) is 3. The normalized spacial score (nSPS) is 17.7. The van der Waals surface area contributed by atoms with Gasteiger partial charge in [-0.25, -0.2) is 0 Å². The van der Waals surface area contributed by atoms with Crippen molar-refractivity contribution in [2.45, 2.75) is 59.4 Å². The van der Waals surface area contributed by atoms with Crippen LogP contribution >= 0.6 is 0 Å². The summed E-state index contributed by atoms with van der Waals surface area (Å²) in [7, 11) is 0. The molecule has 2 rings (SSSR count). The van der Waals surface area contributed by atoms with E-state index in [4.69, 9.17) is 0 Å². The molecular formula is C21H29NO3. The zero-order valence-electron chi connectivity index (χ0n) is 15.7. The van der Waals surface area contributed by atoms with Gasteiger partial charge in [-0.3, -0.25) is 9.59 Å². The van der Waals surface area contributed by atoms with Crippen LogP contribution in [-0.2, 0) is 9.59 Å². The van der Waals surface area contributed by atoms with Crippen molar-refractivity contribution in [3.63, 3.8) is 0 Å². The number of hydrogen-bond donors (Lipinski definition) is 1. The second kappa shape index (κ2) is 8.32. The van der Waals surface area contributed by atoms with Crippen LogP contribution in [0.1, 0.15) is 63.6 Å². The summed E-state index contributed by atoms with van der Waals surface area (Å²) in [5, 5.41) is 10.4. The fourth-order valence-electron chi connectivity index (χ4n) is 3.37. The van der Waals surface area contributed by atoms with E-state index in [1.54, 1.807) is 4.90 Å². The molecule has 0 fully saturated rings. The number of aryl methyl sites for hydroxylation is 1. The summed E-state index contributed by atoms with van der Waals surface area (Å²) >= 11 is 0. The third kappa shape index (κ3) is 4.30. The number of carbonyl (C=O) groups is 2. The number of rotatable bonds is 8. The maximum atomic E-state index is 12.8. The number of aliphatic hydroxyl groups is 1. The third-order valence-corrected chi connectivity index (χ3v) is 4.56. The van der Waals surface area contributed by atoms with Crippen molar-refractivity contribution in [1.82, 2.24) is 4.90 Å². The highest BCUT2D eigenvalue weighted by molar-refractivity contribution is 6.09. The molecule has 0 saturated heterocycles. The van der Waals surface area contributed by atoms with Gasteiger partial charge >= 0.3 is 0 Å². The van der Waals surface area contributed by atoms with Crippen LogP contribution in [0, 0.1) is 12.8 Å². The highest BCUT2D eigenvalue weighted by atomic mass is 16.3. The van der Waals surface area contributed by atoms with Crippen LogP contribution in [0.4, 0.5) is 0 Å². The molecule has 1 aromatic carbocycles. The van der Waals surface area contributed by atoms with E-state index in [0.717, 1.165) is 30.4 Å². The van der Waals surface area contributed by atoms with Crippen LogP contribution in [0.25, 0.3) is 0 Å². The zero-order valence-corrected chi connectivity index (χ0v) is 15.7. The van der Waals surface area contributed by atoms with Crippen molar-refractivity contribution in [1.29, 1.82) is 0 Å². The van der Waals surface area contributed by atoms with Crippen molar-refractivity contribution >= 4 is 11.7 Å². The summed E-state index contributed by atoms with van der Waals surface area (Å²) in [5.74, 6) is -0.746. The van der Waals surface area contributed by atoms with Crippen molar-refractivity contribution in [2.75, 3.05) is 6.54 Å². The van der Waals surface area contributed by atoms with Gasteiger partial charge in [0.25, 0.3) is 5.91 Å². The highest BCUT2D eigenvalue weighted by Gasteiger charge is 2.42. The van der Waals surface area contributed by atoms with Gasteiger partial charge in [-0.1, -0.05) is 63.4 Å². The Balaban J connectivity index is 2.42. The molecule has 0 aliphatic carbocycles. The summed E-state index contributed by atoms with van der Waals surface area (Å²) in [4.78, 5) is 27.1. The second-order valence-electron chi connectivity index (χ2n) is 7.31. The van der Waals surface area contributed by atoms with E-state index < -0.39 is 11.9 Å².